The molecule has 0 bridgehead atoms. The van der Waals surface area contributed by atoms with Crippen molar-refractivity contribution < 1.29 is 4.74 Å². The Hall–Kier alpha value is 0.400. The largest absolute Gasteiger partial charge is 0.378 e. The van der Waals surface area contributed by atoms with E-state index in [-0.39, 0.29) is 0 Å². The Morgan fingerprint density at radius 3 is 2.94 bits per heavy atom. The fourth-order valence-electron chi connectivity index (χ4n) is 3.01. The lowest BCUT2D eigenvalue weighted by Gasteiger charge is -2.25. The van der Waals surface area contributed by atoms with Gasteiger partial charge in [-0.1, -0.05) is 22.9 Å². The van der Waals surface area contributed by atoms with Gasteiger partial charge in [0.2, 0.25) is 0 Å². The van der Waals surface area contributed by atoms with Crippen LogP contribution in [0.2, 0.25) is 0 Å². The molecule has 94 valence electrons. The molecule has 2 heterocycles. The Bertz CT molecular complexity index is 206. The van der Waals surface area contributed by atoms with Crippen molar-refractivity contribution in [1.29, 1.82) is 0 Å². The van der Waals surface area contributed by atoms with E-state index >= 15 is 0 Å². The first kappa shape index (κ1) is 12.8. The second-order valence-electron chi connectivity index (χ2n) is 5.30. The lowest BCUT2D eigenvalue weighted by atomic mass is 10.0. The van der Waals surface area contributed by atoms with Gasteiger partial charge in [0.05, 0.1) is 6.10 Å². The van der Waals surface area contributed by atoms with E-state index < -0.39 is 0 Å². The molecule has 2 nitrogen and oxygen atoms in total. The molecule has 0 radical (unpaired) electrons. The van der Waals surface area contributed by atoms with Crippen LogP contribution >= 0.6 is 15.9 Å². The van der Waals surface area contributed by atoms with E-state index in [1.54, 1.807) is 0 Å². The molecule has 2 saturated heterocycles. The molecule has 3 atom stereocenters. The van der Waals surface area contributed by atoms with E-state index in [1.807, 2.05) is 0 Å². The Balaban J connectivity index is 1.65. The molecule has 3 heteroatoms. The first-order valence-electron chi connectivity index (χ1n) is 6.73. The van der Waals surface area contributed by atoms with Crippen molar-refractivity contribution in [1.82, 2.24) is 4.90 Å². The minimum atomic E-state index is 0.572. The van der Waals surface area contributed by atoms with Crippen molar-refractivity contribution in [2.45, 2.75) is 51.2 Å². The molecule has 2 aliphatic rings. The predicted octanol–water partition coefficient (Wildman–Crippen LogP) is 3.05. The summed E-state index contributed by atoms with van der Waals surface area (Å²) in [6.45, 7) is 5.94. The summed E-state index contributed by atoms with van der Waals surface area (Å²) in [5.74, 6) is 0.863. The number of ether oxygens (including phenoxy) is 1. The predicted molar refractivity (Wildman–Crippen MR) is 71.1 cm³/mol. The summed E-state index contributed by atoms with van der Waals surface area (Å²) < 4.78 is 5.66. The number of nitrogens with zero attached hydrogens (tertiary/aromatic N) is 1. The van der Waals surface area contributed by atoms with Gasteiger partial charge < -0.3 is 4.74 Å². The Kier molecular flexibility index (Phi) is 5.11. The Morgan fingerprint density at radius 1 is 1.38 bits per heavy atom. The highest BCUT2D eigenvalue weighted by Gasteiger charge is 2.29. The fraction of sp³-hybridized carbons (Fsp3) is 1.00. The molecule has 0 spiro atoms. The summed E-state index contributed by atoms with van der Waals surface area (Å²) in [4.78, 5) is 2.66. The maximum absolute atomic E-state index is 5.66. The molecule has 2 rings (SSSR count). The normalized spacial score (nSPS) is 36.0. The maximum atomic E-state index is 5.66. The van der Waals surface area contributed by atoms with Crippen LogP contribution in [0.15, 0.2) is 0 Å². The summed E-state index contributed by atoms with van der Waals surface area (Å²) in [6, 6.07) is 0.768. The van der Waals surface area contributed by atoms with E-state index in [4.69, 9.17) is 4.74 Å². The fourth-order valence-corrected chi connectivity index (χ4v) is 4.06. The van der Waals surface area contributed by atoms with Crippen molar-refractivity contribution in [3.8, 4) is 0 Å². The van der Waals surface area contributed by atoms with Crippen LogP contribution in [-0.4, -0.2) is 42.1 Å². The smallest absolute Gasteiger partial charge is 0.0576 e. The summed E-state index contributed by atoms with van der Waals surface area (Å²) in [6.07, 6.45) is 7.08. The summed E-state index contributed by atoms with van der Waals surface area (Å²) in [5.41, 5.74) is 0. The van der Waals surface area contributed by atoms with Crippen LogP contribution in [0.3, 0.4) is 0 Å². The Morgan fingerprint density at radius 2 is 2.25 bits per heavy atom. The lowest BCUT2D eigenvalue weighted by Crippen LogP contribution is -2.34. The van der Waals surface area contributed by atoms with Gasteiger partial charge in [-0.2, -0.15) is 0 Å². The second-order valence-corrected chi connectivity index (χ2v) is 5.95. The van der Waals surface area contributed by atoms with E-state index in [2.05, 4.69) is 27.8 Å². The van der Waals surface area contributed by atoms with E-state index in [0.717, 1.165) is 23.9 Å². The molecule has 2 aliphatic heterocycles. The van der Waals surface area contributed by atoms with Gasteiger partial charge >= 0.3 is 0 Å². The number of halogens is 1. The standard InChI is InChI=1S/C13H24BrNO/c1-11-6-8-15(13(11)10-14)7-2-4-12-5-3-9-16-12/h11-13H,2-10H2,1H3. The summed E-state index contributed by atoms with van der Waals surface area (Å²) >= 11 is 3.65. The highest BCUT2D eigenvalue weighted by atomic mass is 79.9. The molecular formula is C13H24BrNO. The summed E-state index contributed by atoms with van der Waals surface area (Å²) in [7, 11) is 0. The first-order valence-corrected chi connectivity index (χ1v) is 7.85. The van der Waals surface area contributed by atoms with Crippen LogP contribution in [0.5, 0.6) is 0 Å². The van der Waals surface area contributed by atoms with Crippen LogP contribution in [0.4, 0.5) is 0 Å². The molecule has 0 aromatic heterocycles. The van der Waals surface area contributed by atoms with Gasteiger partial charge in [-0.3, -0.25) is 4.90 Å². The molecule has 0 amide bonds. The number of rotatable bonds is 5. The molecule has 0 aromatic carbocycles. The number of hydrogen-bond donors (Lipinski definition) is 0. The van der Waals surface area contributed by atoms with Gasteiger partial charge in [0.1, 0.15) is 0 Å². The van der Waals surface area contributed by atoms with Crippen LogP contribution in [0, 0.1) is 5.92 Å². The van der Waals surface area contributed by atoms with Crippen molar-refractivity contribution >= 4 is 15.9 Å². The average Bonchev–Trinajstić information content (AvgIpc) is 2.89. The molecule has 16 heavy (non-hydrogen) atoms. The van der Waals surface area contributed by atoms with Gasteiger partial charge in [0.25, 0.3) is 0 Å². The van der Waals surface area contributed by atoms with Gasteiger partial charge in [0.15, 0.2) is 0 Å². The zero-order chi connectivity index (χ0) is 11.4. The van der Waals surface area contributed by atoms with E-state index in [0.29, 0.717) is 6.10 Å². The SMILES string of the molecule is CC1CCN(CCCC2CCCO2)C1CBr. The van der Waals surface area contributed by atoms with Crippen molar-refractivity contribution in [2.75, 3.05) is 25.0 Å². The van der Waals surface area contributed by atoms with Crippen molar-refractivity contribution in [3.63, 3.8) is 0 Å². The molecular weight excluding hydrogens is 266 g/mol. The third-order valence-corrected chi connectivity index (χ3v) is 4.81. The molecule has 0 aliphatic carbocycles. The topological polar surface area (TPSA) is 12.5 Å². The number of hydrogen-bond acceptors (Lipinski definition) is 2. The second kappa shape index (κ2) is 6.36. The summed E-state index contributed by atoms with van der Waals surface area (Å²) in [5, 5.41) is 1.13. The van der Waals surface area contributed by atoms with Gasteiger partial charge in [0, 0.05) is 18.0 Å². The van der Waals surface area contributed by atoms with Crippen LogP contribution < -0.4 is 0 Å². The number of alkyl halides is 1. The van der Waals surface area contributed by atoms with E-state index in [1.165, 1.54) is 45.2 Å². The highest BCUT2D eigenvalue weighted by Crippen LogP contribution is 2.26. The van der Waals surface area contributed by atoms with E-state index in [9.17, 15) is 0 Å². The Labute approximate surface area is 108 Å². The maximum Gasteiger partial charge on any atom is 0.0576 e. The average molecular weight is 290 g/mol. The minimum absolute atomic E-state index is 0.572. The van der Waals surface area contributed by atoms with Crippen LogP contribution in [-0.2, 0) is 4.74 Å². The quantitative estimate of drug-likeness (QED) is 0.722. The molecule has 2 fully saturated rings. The molecule has 0 N–H and O–H groups in total. The zero-order valence-electron chi connectivity index (χ0n) is 10.3. The van der Waals surface area contributed by atoms with Gasteiger partial charge in [-0.15, -0.1) is 0 Å². The van der Waals surface area contributed by atoms with Crippen LogP contribution in [0.25, 0.3) is 0 Å². The van der Waals surface area contributed by atoms with Crippen LogP contribution in [0.1, 0.15) is 39.0 Å². The third-order valence-electron chi connectivity index (χ3n) is 4.15. The zero-order valence-corrected chi connectivity index (χ0v) is 11.9. The monoisotopic (exact) mass is 289 g/mol. The molecule has 3 unspecified atom stereocenters. The van der Waals surface area contributed by atoms with Gasteiger partial charge in [-0.05, 0) is 51.1 Å². The lowest BCUT2D eigenvalue weighted by molar-refractivity contribution is 0.0981. The van der Waals surface area contributed by atoms with Crippen molar-refractivity contribution in [2.24, 2.45) is 5.92 Å². The first-order chi connectivity index (χ1) is 7.81. The number of likely N-dealkylation sites (tertiary alicyclic amines) is 1. The molecule has 0 saturated carbocycles. The van der Waals surface area contributed by atoms with Crippen molar-refractivity contribution in [3.05, 3.63) is 0 Å². The minimum Gasteiger partial charge on any atom is -0.378 e. The third kappa shape index (κ3) is 3.21. The molecule has 0 aromatic rings. The van der Waals surface area contributed by atoms with Gasteiger partial charge in [-0.25, -0.2) is 0 Å². The highest BCUT2D eigenvalue weighted by molar-refractivity contribution is 9.09.